The Morgan fingerprint density at radius 3 is 2.39 bits per heavy atom. The van der Waals surface area contributed by atoms with Crippen LogP contribution in [0.25, 0.3) is 0 Å². The normalized spacial score (nSPS) is 15.8. The zero-order valence-corrected chi connectivity index (χ0v) is 12.3. The van der Waals surface area contributed by atoms with Crippen molar-refractivity contribution in [3.05, 3.63) is 34.9 Å². The fourth-order valence-electron chi connectivity index (χ4n) is 2.05. The molecule has 102 valence electrons. The Hall–Kier alpha value is -0.610. The van der Waals surface area contributed by atoms with Crippen molar-refractivity contribution >= 4 is 11.6 Å². The van der Waals surface area contributed by atoms with E-state index in [1.54, 1.807) is 0 Å². The van der Waals surface area contributed by atoms with Gasteiger partial charge in [0.25, 0.3) is 0 Å². The van der Waals surface area contributed by atoms with Crippen molar-refractivity contribution in [2.45, 2.75) is 38.4 Å². The van der Waals surface area contributed by atoms with E-state index in [1.807, 2.05) is 52.1 Å². The lowest BCUT2D eigenvalue weighted by Crippen LogP contribution is -2.50. The van der Waals surface area contributed by atoms with Crippen LogP contribution in [0.2, 0.25) is 5.02 Å². The number of aliphatic hydroxyl groups excluding tert-OH is 1. The second kappa shape index (κ2) is 6.02. The maximum Gasteiger partial charge on any atom is 0.0610 e. The topological polar surface area (TPSA) is 49.5 Å². The Morgan fingerprint density at radius 1 is 1.39 bits per heavy atom. The second-order valence-electron chi connectivity index (χ2n) is 5.41. The molecule has 1 rings (SSSR count). The van der Waals surface area contributed by atoms with Gasteiger partial charge in [-0.05, 0) is 39.4 Å². The van der Waals surface area contributed by atoms with Gasteiger partial charge in [-0.1, -0.05) is 29.8 Å². The van der Waals surface area contributed by atoms with Crippen molar-refractivity contribution in [2.75, 3.05) is 13.7 Å². The highest BCUT2D eigenvalue weighted by atomic mass is 35.5. The predicted molar refractivity (Wildman–Crippen MR) is 76.8 cm³/mol. The lowest BCUT2D eigenvalue weighted by Gasteiger charge is -2.42. The summed E-state index contributed by atoms with van der Waals surface area (Å²) >= 11 is 6.26. The third-order valence-electron chi connectivity index (χ3n) is 3.48. The maximum absolute atomic E-state index is 9.50. The van der Waals surface area contributed by atoms with Crippen LogP contribution in [0, 0.1) is 0 Å². The Balaban J connectivity index is 3.16. The average molecular weight is 271 g/mol. The van der Waals surface area contributed by atoms with Gasteiger partial charge in [-0.2, -0.15) is 0 Å². The van der Waals surface area contributed by atoms with Crippen LogP contribution in [0.5, 0.6) is 0 Å². The van der Waals surface area contributed by atoms with Crippen LogP contribution in [-0.4, -0.2) is 35.2 Å². The van der Waals surface area contributed by atoms with Gasteiger partial charge < -0.3 is 10.8 Å². The zero-order valence-electron chi connectivity index (χ0n) is 11.5. The first-order chi connectivity index (χ1) is 8.31. The largest absolute Gasteiger partial charge is 0.394 e. The molecule has 0 aliphatic heterocycles. The Morgan fingerprint density at radius 2 is 1.94 bits per heavy atom. The molecule has 0 aromatic heterocycles. The zero-order chi connectivity index (χ0) is 13.9. The highest BCUT2D eigenvalue weighted by Crippen LogP contribution is 2.32. The molecule has 2 atom stereocenters. The number of halogens is 1. The third kappa shape index (κ3) is 3.23. The van der Waals surface area contributed by atoms with Gasteiger partial charge in [-0.15, -0.1) is 0 Å². The van der Waals surface area contributed by atoms with Crippen LogP contribution in [0.4, 0.5) is 0 Å². The summed E-state index contributed by atoms with van der Waals surface area (Å²) in [4.78, 5) is 2.08. The van der Waals surface area contributed by atoms with Crippen LogP contribution in [-0.2, 0) is 0 Å². The number of rotatable bonds is 5. The molecular weight excluding hydrogens is 248 g/mol. The van der Waals surface area contributed by atoms with E-state index < -0.39 is 0 Å². The molecule has 0 aliphatic rings. The summed E-state index contributed by atoms with van der Waals surface area (Å²) in [6, 6.07) is 7.60. The molecule has 0 aliphatic carbocycles. The summed E-state index contributed by atoms with van der Waals surface area (Å²) in [7, 11) is 1.97. The third-order valence-corrected chi connectivity index (χ3v) is 3.83. The first-order valence-electron chi connectivity index (χ1n) is 6.15. The fourth-order valence-corrected chi connectivity index (χ4v) is 2.30. The average Bonchev–Trinajstić information content (AvgIpc) is 2.31. The van der Waals surface area contributed by atoms with E-state index in [-0.39, 0.29) is 24.2 Å². The van der Waals surface area contributed by atoms with Crippen LogP contribution in [0.15, 0.2) is 24.3 Å². The lowest BCUT2D eigenvalue weighted by atomic mass is 9.94. The van der Waals surface area contributed by atoms with Crippen molar-refractivity contribution in [3.8, 4) is 0 Å². The smallest absolute Gasteiger partial charge is 0.0610 e. The minimum atomic E-state index is -0.350. The van der Waals surface area contributed by atoms with Gasteiger partial charge in [0.1, 0.15) is 0 Å². The molecule has 3 nitrogen and oxygen atoms in total. The number of nitrogens with zero attached hydrogens (tertiary/aromatic N) is 1. The molecule has 0 spiro atoms. The summed E-state index contributed by atoms with van der Waals surface area (Å²) in [5.41, 5.74) is 6.76. The molecule has 18 heavy (non-hydrogen) atoms. The predicted octanol–water partition coefficient (Wildman–Crippen LogP) is 2.43. The minimum Gasteiger partial charge on any atom is -0.394 e. The quantitative estimate of drug-likeness (QED) is 0.864. The first kappa shape index (κ1) is 15.4. The molecular formula is C14H23ClN2O. The number of hydrogen-bond acceptors (Lipinski definition) is 3. The molecule has 1 aromatic carbocycles. The monoisotopic (exact) mass is 270 g/mol. The van der Waals surface area contributed by atoms with Crippen LogP contribution >= 0.6 is 11.6 Å². The van der Waals surface area contributed by atoms with Gasteiger partial charge >= 0.3 is 0 Å². The van der Waals surface area contributed by atoms with E-state index in [9.17, 15) is 5.11 Å². The molecule has 4 heteroatoms. The number of hydrogen-bond donors (Lipinski definition) is 2. The molecule has 0 heterocycles. The Labute approximate surface area is 115 Å². The molecule has 0 bridgehead atoms. The fraction of sp³-hybridized carbons (Fsp3) is 0.571. The summed E-state index contributed by atoms with van der Waals surface area (Å²) in [5, 5.41) is 10.2. The second-order valence-corrected chi connectivity index (χ2v) is 5.81. The van der Waals surface area contributed by atoms with Gasteiger partial charge in [0.15, 0.2) is 0 Å². The van der Waals surface area contributed by atoms with Gasteiger partial charge in [0, 0.05) is 16.6 Å². The van der Waals surface area contributed by atoms with E-state index in [0.717, 1.165) is 5.56 Å². The van der Waals surface area contributed by atoms with Crippen LogP contribution < -0.4 is 5.73 Å². The van der Waals surface area contributed by atoms with Crippen LogP contribution in [0.1, 0.15) is 32.4 Å². The Kier molecular flexibility index (Phi) is 5.17. The van der Waals surface area contributed by atoms with Crippen molar-refractivity contribution < 1.29 is 5.11 Å². The van der Waals surface area contributed by atoms with Crippen molar-refractivity contribution in [1.29, 1.82) is 0 Å². The summed E-state index contributed by atoms with van der Waals surface area (Å²) in [6.45, 7) is 5.99. The van der Waals surface area contributed by atoms with Crippen LogP contribution in [0.3, 0.4) is 0 Å². The van der Waals surface area contributed by atoms with E-state index >= 15 is 0 Å². The SMILES string of the molecule is CC(N)C(c1ccccc1Cl)N(C)C(C)(C)CO. The molecule has 2 unspecified atom stereocenters. The standard InChI is InChI=1S/C14H23ClN2O/c1-10(16)13(17(4)14(2,3)9-18)11-7-5-6-8-12(11)15/h5-8,10,13,18H,9,16H2,1-4H3. The van der Waals surface area contributed by atoms with Gasteiger partial charge in [0.05, 0.1) is 12.6 Å². The van der Waals surface area contributed by atoms with E-state index in [2.05, 4.69) is 4.90 Å². The molecule has 0 amide bonds. The summed E-state index contributed by atoms with van der Waals surface area (Å²) < 4.78 is 0. The number of benzene rings is 1. The highest BCUT2D eigenvalue weighted by molar-refractivity contribution is 6.31. The summed E-state index contributed by atoms with van der Waals surface area (Å²) in [5.74, 6) is 0. The summed E-state index contributed by atoms with van der Waals surface area (Å²) in [6.07, 6.45) is 0. The first-order valence-corrected chi connectivity index (χ1v) is 6.53. The Bertz CT molecular complexity index is 393. The van der Waals surface area contributed by atoms with Gasteiger partial charge in [-0.3, -0.25) is 4.90 Å². The van der Waals surface area contributed by atoms with Crippen molar-refractivity contribution in [2.24, 2.45) is 5.73 Å². The van der Waals surface area contributed by atoms with Gasteiger partial charge in [0.2, 0.25) is 0 Å². The number of nitrogens with two attached hydrogens (primary N) is 1. The minimum absolute atomic E-state index is 0.0270. The van der Waals surface area contributed by atoms with E-state index in [0.29, 0.717) is 5.02 Å². The molecule has 0 fully saturated rings. The molecule has 0 saturated heterocycles. The van der Waals surface area contributed by atoms with Gasteiger partial charge in [-0.25, -0.2) is 0 Å². The molecule has 1 aromatic rings. The van der Waals surface area contributed by atoms with E-state index in [4.69, 9.17) is 17.3 Å². The van der Waals surface area contributed by atoms with Crippen molar-refractivity contribution in [3.63, 3.8) is 0 Å². The number of aliphatic hydroxyl groups is 1. The van der Waals surface area contributed by atoms with Crippen molar-refractivity contribution in [1.82, 2.24) is 4.90 Å². The molecule has 3 N–H and O–H groups in total. The maximum atomic E-state index is 9.50. The molecule has 0 saturated carbocycles. The lowest BCUT2D eigenvalue weighted by molar-refractivity contribution is 0.0371. The van der Waals surface area contributed by atoms with E-state index in [1.165, 1.54) is 0 Å². The number of likely N-dealkylation sites (N-methyl/N-ethyl adjacent to an activating group) is 1. The highest BCUT2D eigenvalue weighted by Gasteiger charge is 2.32. The molecule has 0 radical (unpaired) electrons.